The van der Waals surface area contributed by atoms with Crippen LogP contribution in [0.5, 0.6) is 0 Å². The molecule has 1 amide bonds. The summed E-state index contributed by atoms with van der Waals surface area (Å²) in [5, 5.41) is 4.13. The Morgan fingerprint density at radius 3 is 2.44 bits per heavy atom. The molecule has 2 aromatic carbocycles. The first-order chi connectivity index (χ1) is 16.3. The number of piperidine rings is 1. The third kappa shape index (κ3) is 5.00. The topological polar surface area (TPSA) is 92.8 Å². The Bertz CT molecular complexity index is 1290. The molecule has 4 rings (SSSR count). The minimum absolute atomic E-state index is 0.210. The van der Waals surface area contributed by atoms with Crippen LogP contribution in [-0.4, -0.2) is 50.6 Å². The van der Waals surface area contributed by atoms with Crippen LogP contribution in [0, 0.1) is 5.92 Å². The molecule has 0 saturated carbocycles. The van der Waals surface area contributed by atoms with Gasteiger partial charge in [-0.1, -0.05) is 18.2 Å². The van der Waals surface area contributed by atoms with Crippen LogP contribution in [0.25, 0.3) is 10.1 Å². The number of nitrogens with zero attached hydrogens (tertiary/aromatic N) is 1. The Kier molecular flexibility index (Phi) is 7.61. The van der Waals surface area contributed by atoms with Gasteiger partial charge in [0, 0.05) is 34.0 Å². The highest BCUT2D eigenvalue weighted by Gasteiger charge is 2.33. The average molecular weight is 519 g/mol. The monoisotopic (exact) mass is 518 g/mol. The van der Waals surface area contributed by atoms with Crippen LogP contribution in [0.15, 0.2) is 58.3 Å². The summed E-state index contributed by atoms with van der Waals surface area (Å²) in [7, 11) is -3.60. The van der Waals surface area contributed by atoms with Gasteiger partial charge in [-0.25, -0.2) is 13.2 Å². The normalized spacial score (nSPS) is 15.4. The van der Waals surface area contributed by atoms with E-state index in [1.807, 2.05) is 30.5 Å². The number of thiophene rings is 1. The molecule has 0 atom stereocenters. The fourth-order valence-electron chi connectivity index (χ4n) is 4.01. The van der Waals surface area contributed by atoms with E-state index in [1.54, 1.807) is 43.0 Å². The van der Waals surface area contributed by atoms with E-state index in [9.17, 15) is 18.0 Å². The Labute approximate surface area is 207 Å². The Morgan fingerprint density at radius 2 is 1.79 bits per heavy atom. The number of ether oxygens (including phenoxy) is 1. The van der Waals surface area contributed by atoms with E-state index in [0.717, 1.165) is 15.0 Å². The number of hydrogen-bond acceptors (Lipinski definition) is 7. The number of thioether (sulfide) groups is 1. The van der Waals surface area contributed by atoms with Gasteiger partial charge < -0.3 is 10.1 Å². The van der Waals surface area contributed by atoms with Crippen LogP contribution in [-0.2, 0) is 19.6 Å². The summed E-state index contributed by atoms with van der Waals surface area (Å²) >= 11 is 2.89. The lowest BCUT2D eigenvalue weighted by Crippen LogP contribution is -2.41. The van der Waals surface area contributed by atoms with Crippen molar-refractivity contribution in [2.45, 2.75) is 29.6 Å². The summed E-state index contributed by atoms with van der Waals surface area (Å²) in [4.78, 5) is 26.9. The fourth-order valence-corrected chi connectivity index (χ4v) is 6.98. The van der Waals surface area contributed by atoms with E-state index in [1.165, 1.54) is 15.6 Å². The van der Waals surface area contributed by atoms with Gasteiger partial charge in [-0.05, 0) is 56.4 Å². The number of anilines is 1. The maximum Gasteiger partial charge on any atom is 0.341 e. The Morgan fingerprint density at radius 1 is 1.12 bits per heavy atom. The first-order valence-electron chi connectivity index (χ1n) is 11.0. The third-order valence-corrected chi connectivity index (χ3v) is 9.58. The van der Waals surface area contributed by atoms with Crippen molar-refractivity contribution in [2.75, 3.05) is 31.3 Å². The fraction of sp³-hybridized carbons (Fsp3) is 0.333. The van der Waals surface area contributed by atoms with Crippen molar-refractivity contribution in [3.8, 4) is 0 Å². The number of benzene rings is 2. The van der Waals surface area contributed by atoms with E-state index in [0.29, 0.717) is 23.4 Å². The van der Waals surface area contributed by atoms with Crippen LogP contribution in [0.1, 0.15) is 30.1 Å². The van der Waals surface area contributed by atoms with E-state index in [2.05, 4.69) is 5.32 Å². The number of esters is 1. The molecular formula is C24H26N2O5S3. The van der Waals surface area contributed by atoms with E-state index < -0.39 is 16.0 Å². The minimum Gasteiger partial charge on any atom is -0.462 e. The molecule has 3 aromatic rings. The molecule has 7 nitrogen and oxygen atoms in total. The minimum atomic E-state index is -3.60. The van der Waals surface area contributed by atoms with Gasteiger partial charge in [0.05, 0.1) is 11.5 Å². The smallest absolute Gasteiger partial charge is 0.341 e. The van der Waals surface area contributed by atoms with Crippen LogP contribution < -0.4 is 5.32 Å². The summed E-state index contributed by atoms with van der Waals surface area (Å²) < 4.78 is 33.5. The summed E-state index contributed by atoms with van der Waals surface area (Å²) in [6.07, 6.45) is 2.76. The van der Waals surface area contributed by atoms with Gasteiger partial charge in [0.25, 0.3) is 0 Å². The first-order valence-corrected chi connectivity index (χ1v) is 14.5. The molecule has 1 aliphatic rings. The second kappa shape index (κ2) is 10.5. The summed E-state index contributed by atoms with van der Waals surface area (Å²) in [6.45, 7) is 2.51. The van der Waals surface area contributed by atoms with Crippen molar-refractivity contribution in [3.05, 3.63) is 54.1 Å². The maximum atomic E-state index is 13.0. The van der Waals surface area contributed by atoms with E-state index in [-0.39, 0.29) is 36.4 Å². The number of carbonyl (C=O) groups is 2. The van der Waals surface area contributed by atoms with E-state index >= 15 is 0 Å². The molecule has 1 aliphatic heterocycles. The van der Waals surface area contributed by atoms with Crippen molar-refractivity contribution in [3.63, 3.8) is 0 Å². The van der Waals surface area contributed by atoms with Gasteiger partial charge >= 0.3 is 5.97 Å². The molecule has 1 fully saturated rings. The third-order valence-electron chi connectivity index (χ3n) is 5.83. The van der Waals surface area contributed by atoms with Gasteiger partial charge in [-0.15, -0.1) is 23.1 Å². The summed E-state index contributed by atoms with van der Waals surface area (Å²) in [5.74, 6) is -1.02. The van der Waals surface area contributed by atoms with Crippen LogP contribution in [0.2, 0.25) is 0 Å². The number of rotatable bonds is 7. The molecule has 180 valence electrons. The number of nitrogens with one attached hydrogen (secondary N) is 1. The standard InChI is InChI=1S/C24H26N2O5S3/c1-3-31-24(28)21-19-6-4-5-7-20(19)33-23(21)25-22(27)16-12-14-26(15-13-16)34(29,30)18-10-8-17(32-2)9-11-18/h4-11,16H,3,12-15H2,1-2H3,(H,25,27). The zero-order chi connectivity index (χ0) is 24.3. The van der Waals surface area contributed by atoms with Crippen molar-refractivity contribution in [1.29, 1.82) is 0 Å². The molecule has 2 heterocycles. The first kappa shape index (κ1) is 24.7. The molecular weight excluding hydrogens is 492 g/mol. The van der Waals surface area contributed by atoms with Gasteiger partial charge in [0.2, 0.25) is 15.9 Å². The molecule has 0 spiro atoms. The maximum absolute atomic E-state index is 13.0. The van der Waals surface area contributed by atoms with Gasteiger partial charge in [0.1, 0.15) is 10.6 Å². The van der Waals surface area contributed by atoms with Crippen molar-refractivity contribution >= 4 is 60.1 Å². The van der Waals surface area contributed by atoms with Crippen molar-refractivity contribution in [2.24, 2.45) is 5.92 Å². The molecule has 1 saturated heterocycles. The van der Waals surface area contributed by atoms with Crippen LogP contribution >= 0.6 is 23.1 Å². The average Bonchev–Trinajstić information content (AvgIpc) is 3.22. The predicted octanol–water partition coefficient (Wildman–Crippen LogP) is 4.84. The highest BCUT2D eigenvalue weighted by molar-refractivity contribution is 7.98. The lowest BCUT2D eigenvalue weighted by atomic mass is 9.97. The highest BCUT2D eigenvalue weighted by Crippen LogP contribution is 2.37. The zero-order valence-electron chi connectivity index (χ0n) is 18.9. The largest absolute Gasteiger partial charge is 0.462 e. The number of carbonyl (C=O) groups excluding carboxylic acids is 2. The van der Waals surface area contributed by atoms with Gasteiger partial charge in [-0.3, -0.25) is 4.79 Å². The number of hydrogen-bond donors (Lipinski definition) is 1. The van der Waals surface area contributed by atoms with Crippen LogP contribution in [0.3, 0.4) is 0 Å². The molecule has 0 aliphatic carbocycles. The van der Waals surface area contributed by atoms with E-state index in [4.69, 9.17) is 4.74 Å². The molecule has 10 heteroatoms. The Balaban J connectivity index is 1.45. The molecule has 0 unspecified atom stereocenters. The summed E-state index contributed by atoms with van der Waals surface area (Å²) in [5.41, 5.74) is 0.365. The number of sulfonamides is 1. The molecule has 0 bridgehead atoms. The second-order valence-electron chi connectivity index (χ2n) is 7.87. The number of amides is 1. The van der Waals surface area contributed by atoms with Gasteiger partial charge in [-0.2, -0.15) is 4.31 Å². The highest BCUT2D eigenvalue weighted by atomic mass is 32.2. The number of fused-ring (bicyclic) bond motifs is 1. The van der Waals surface area contributed by atoms with Gasteiger partial charge in [0.15, 0.2) is 0 Å². The SMILES string of the molecule is CCOC(=O)c1c(NC(=O)C2CCN(S(=O)(=O)c3ccc(SC)cc3)CC2)sc2ccccc12. The molecule has 1 N–H and O–H groups in total. The second-order valence-corrected chi connectivity index (χ2v) is 11.7. The molecule has 0 radical (unpaired) electrons. The quantitative estimate of drug-likeness (QED) is 0.355. The van der Waals surface area contributed by atoms with Crippen molar-refractivity contribution < 1.29 is 22.7 Å². The van der Waals surface area contributed by atoms with Crippen molar-refractivity contribution in [1.82, 2.24) is 4.31 Å². The lowest BCUT2D eigenvalue weighted by Gasteiger charge is -2.30. The Hall–Kier alpha value is -2.40. The molecule has 34 heavy (non-hydrogen) atoms. The molecule has 1 aromatic heterocycles. The predicted molar refractivity (Wildman–Crippen MR) is 136 cm³/mol. The zero-order valence-corrected chi connectivity index (χ0v) is 21.4. The lowest BCUT2D eigenvalue weighted by molar-refractivity contribution is -0.120. The van der Waals surface area contributed by atoms with Crippen LogP contribution in [0.4, 0.5) is 5.00 Å². The summed E-state index contributed by atoms with van der Waals surface area (Å²) in [6, 6.07) is 14.3.